The zero-order valence-electron chi connectivity index (χ0n) is 13.3. The summed E-state index contributed by atoms with van der Waals surface area (Å²) in [6, 6.07) is 7.47. The lowest BCUT2D eigenvalue weighted by molar-refractivity contribution is 0.00670. The van der Waals surface area contributed by atoms with Crippen LogP contribution in [-0.4, -0.2) is 40.8 Å². The first kappa shape index (κ1) is 16.3. The number of amides is 1. The van der Waals surface area contributed by atoms with E-state index in [-0.39, 0.29) is 11.9 Å². The van der Waals surface area contributed by atoms with Gasteiger partial charge < -0.3 is 14.7 Å². The van der Waals surface area contributed by atoms with Crippen molar-refractivity contribution in [2.45, 2.75) is 45.1 Å². The largest absolute Gasteiger partial charge is 0.465 e. The Hall–Kier alpha value is -2.04. The van der Waals surface area contributed by atoms with Crippen LogP contribution in [0.3, 0.4) is 0 Å². The highest BCUT2D eigenvalue weighted by molar-refractivity contribution is 5.91. The van der Waals surface area contributed by atoms with Gasteiger partial charge in [-0.2, -0.15) is 0 Å². The monoisotopic (exact) mass is 305 g/mol. The number of piperidine rings is 1. The highest BCUT2D eigenvalue weighted by Crippen LogP contribution is 2.31. The lowest BCUT2D eigenvalue weighted by Gasteiger charge is -2.31. The summed E-state index contributed by atoms with van der Waals surface area (Å²) in [7, 11) is 0. The number of carboxylic acid groups (broad SMARTS) is 1. The molecule has 120 valence electrons. The van der Waals surface area contributed by atoms with E-state index in [1.54, 1.807) is 6.07 Å². The lowest BCUT2D eigenvalue weighted by atomic mass is 9.86. The molecule has 1 aromatic carbocycles. The quantitative estimate of drug-likeness (QED) is 0.849. The minimum atomic E-state index is -0.876. The van der Waals surface area contributed by atoms with Crippen LogP contribution in [0.15, 0.2) is 24.3 Å². The Bertz CT molecular complexity index is 554. The normalized spacial score (nSPS) is 16.4. The van der Waals surface area contributed by atoms with Crippen molar-refractivity contribution in [1.82, 2.24) is 4.90 Å². The molecule has 1 aliphatic rings. The number of benzene rings is 1. The van der Waals surface area contributed by atoms with Gasteiger partial charge in [-0.25, -0.2) is 9.59 Å². The molecule has 1 aromatic rings. The Morgan fingerprint density at radius 2 is 1.77 bits per heavy atom. The highest BCUT2D eigenvalue weighted by atomic mass is 16.6. The first-order valence-electron chi connectivity index (χ1n) is 7.58. The fraction of sp³-hybridized carbons (Fsp3) is 0.529. The zero-order chi connectivity index (χ0) is 16.3. The number of rotatable bonds is 2. The molecule has 2 rings (SSSR count). The molecule has 1 aliphatic heterocycles. The summed E-state index contributed by atoms with van der Waals surface area (Å²) in [5, 5.41) is 9.02. The highest BCUT2D eigenvalue weighted by Gasteiger charge is 2.27. The number of ether oxygens (including phenoxy) is 1. The molecule has 1 saturated heterocycles. The second-order valence-electron chi connectivity index (χ2n) is 6.63. The molecule has 0 spiro atoms. The van der Waals surface area contributed by atoms with E-state index >= 15 is 0 Å². The summed E-state index contributed by atoms with van der Waals surface area (Å²) in [5.74, 6) is -0.122. The van der Waals surface area contributed by atoms with Crippen molar-refractivity contribution < 1.29 is 19.4 Å². The molecule has 22 heavy (non-hydrogen) atoms. The molecule has 0 atom stereocenters. The number of hydrogen-bond donors (Lipinski definition) is 1. The van der Waals surface area contributed by atoms with E-state index < -0.39 is 11.7 Å². The van der Waals surface area contributed by atoms with Crippen LogP contribution >= 0.6 is 0 Å². The molecule has 1 N–H and O–H groups in total. The van der Waals surface area contributed by atoms with Crippen LogP contribution in [0.2, 0.25) is 0 Å². The van der Waals surface area contributed by atoms with Gasteiger partial charge in [0.15, 0.2) is 0 Å². The number of hydrogen-bond acceptors (Lipinski definition) is 3. The maximum absolute atomic E-state index is 12.4. The SMILES string of the molecule is CC(C)(C)OC(=O)c1ccccc1C1CCN(C(=O)O)CC1. The Morgan fingerprint density at radius 3 is 2.32 bits per heavy atom. The maximum atomic E-state index is 12.4. The van der Waals surface area contributed by atoms with Crippen LogP contribution in [0, 0.1) is 0 Å². The standard InChI is InChI=1S/C17H23NO4/c1-17(2,3)22-15(19)14-7-5-4-6-13(14)12-8-10-18(11-9-12)16(20)21/h4-7,12H,8-11H2,1-3H3,(H,20,21). The first-order valence-corrected chi connectivity index (χ1v) is 7.58. The molecule has 0 radical (unpaired) electrons. The van der Waals surface area contributed by atoms with Crippen LogP contribution in [0.4, 0.5) is 4.79 Å². The first-order chi connectivity index (χ1) is 10.3. The van der Waals surface area contributed by atoms with Crippen LogP contribution in [-0.2, 0) is 4.74 Å². The van der Waals surface area contributed by atoms with E-state index in [0.717, 1.165) is 18.4 Å². The summed E-state index contributed by atoms with van der Waals surface area (Å²) in [6.07, 6.45) is 0.581. The van der Waals surface area contributed by atoms with E-state index in [9.17, 15) is 9.59 Å². The van der Waals surface area contributed by atoms with Gasteiger partial charge in [-0.05, 0) is 51.2 Å². The minimum absolute atomic E-state index is 0.194. The number of esters is 1. The zero-order valence-corrected chi connectivity index (χ0v) is 13.3. The Balaban J connectivity index is 2.16. The summed E-state index contributed by atoms with van der Waals surface area (Å²) in [6.45, 7) is 6.54. The van der Waals surface area contributed by atoms with Crippen molar-refractivity contribution in [2.75, 3.05) is 13.1 Å². The molecule has 0 aliphatic carbocycles. The second kappa shape index (κ2) is 6.38. The van der Waals surface area contributed by atoms with Crippen molar-refractivity contribution in [3.8, 4) is 0 Å². The molecule has 1 heterocycles. The maximum Gasteiger partial charge on any atom is 0.407 e. The summed E-state index contributed by atoms with van der Waals surface area (Å²) >= 11 is 0. The van der Waals surface area contributed by atoms with Crippen molar-refractivity contribution in [2.24, 2.45) is 0 Å². The van der Waals surface area contributed by atoms with Gasteiger partial charge in [-0.15, -0.1) is 0 Å². The number of nitrogens with zero attached hydrogens (tertiary/aromatic N) is 1. The minimum Gasteiger partial charge on any atom is -0.465 e. The van der Waals surface area contributed by atoms with E-state index in [4.69, 9.17) is 9.84 Å². The smallest absolute Gasteiger partial charge is 0.407 e. The van der Waals surface area contributed by atoms with Gasteiger partial charge in [-0.3, -0.25) is 0 Å². The van der Waals surface area contributed by atoms with E-state index in [1.807, 2.05) is 39.0 Å². The second-order valence-corrected chi connectivity index (χ2v) is 6.63. The fourth-order valence-electron chi connectivity index (χ4n) is 2.75. The lowest BCUT2D eigenvalue weighted by Crippen LogP contribution is -2.37. The van der Waals surface area contributed by atoms with Crippen molar-refractivity contribution >= 4 is 12.1 Å². The molecule has 5 nitrogen and oxygen atoms in total. The van der Waals surface area contributed by atoms with Gasteiger partial charge >= 0.3 is 12.1 Å². The number of carbonyl (C=O) groups excluding carboxylic acids is 1. The van der Waals surface area contributed by atoms with Gasteiger partial charge in [0.2, 0.25) is 0 Å². The molecule has 0 aromatic heterocycles. The third-order valence-corrected chi connectivity index (χ3v) is 3.78. The molecule has 0 bridgehead atoms. The van der Waals surface area contributed by atoms with Gasteiger partial charge in [0.25, 0.3) is 0 Å². The average Bonchev–Trinajstić information content (AvgIpc) is 2.45. The van der Waals surface area contributed by atoms with Gasteiger partial charge in [0, 0.05) is 13.1 Å². The molecule has 1 amide bonds. The topological polar surface area (TPSA) is 66.8 Å². The van der Waals surface area contributed by atoms with Crippen molar-refractivity contribution in [3.05, 3.63) is 35.4 Å². The summed E-state index contributed by atoms with van der Waals surface area (Å²) < 4.78 is 5.47. The van der Waals surface area contributed by atoms with Crippen molar-refractivity contribution in [3.63, 3.8) is 0 Å². The summed E-state index contributed by atoms with van der Waals surface area (Å²) in [4.78, 5) is 24.8. The number of likely N-dealkylation sites (tertiary alicyclic amines) is 1. The third-order valence-electron chi connectivity index (χ3n) is 3.78. The van der Waals surface area contributed by atoms with Crippen molar-refractivity contribution in [1.29, 1.82) is 0 Å². The molecular formula is C17H23NO4. The molecule has 5 heteroatoms. The van der Waals surface area contributed by atoms with Crippen LogP contribution < -0.4 is 0 Å². The molecule has 0 unspecified atom stereocenters. The fourth-order valence-corrected chi connectivity index (χ4v) is 2.75. The predicted octanol–water partition coefficient (Wildman–Crippen LogP) is 3.50. The van der Waals surface area contributed by atoms with Gasteiger partial charge in [0.05, 0.1) is 5.56 Å². The Morgan fingerprint density at radius 1 is 1.18 bits per heavy atom. The Labute approximate surface area is 130 Å². The predicted molar refractivity (Wildman–Crippen MR) is 83.2 cm³/mol. The molecule has 0 saturated carbocycles. The Kier molecular flexibility index (Phi) is 4.74. The average molecular weight is 305 g/mol. The molecular weight excluding hydrogens is 282 g/mol. The molecule has 1 fully saturated rings. The van der Waals surface area contributed by atoms with E-state index in [0.29, 0.717) is 18.7 Å². The number of carbonyl (C=O) groups is 2. The van der Waals surface area contributed by atoms with Crippen LogP contribution in [0.25, 0.3) is 0 Å². The summed E-state index contributed by atoms with van der Waals surface area (Å²) in [5.41, 5.74) is 1.02. The van der Waals surface area contributed by atoms with Gasteiger partial charge in [0.1, 0.15) is 5.60 Å². The van der Waals surface area contributed by atoms with E-state index in [2.05, 4.69) is 0 Å². The van der Waals surface area contributed by atoms with Gasteiger partial charge in [-0.1, -0.05) is 18.2 Å². The van der Waals surface area contributed by atoms with Crippen LogP contribution in [0.5, 0.6) is 0 Å². The van der Waals surface area contributed by atoms with Crippen LogP contribution in [0.1, 0.15) is 55.5 Å². The third kappa shape index (κ3) is 4.00. The van der Waals surface area contributed by atoms with E-state index in [1.165, 1.54) is 4.90 Å².